The molecule has 0 heterocycles. The van der Waals surface area contributed by atoms with Crippen molar-refractivity contribution in [2.45, 2.75) is 6.43 Å². The van der Waals surface area contributed by atoms with Crippen molar-refractivity contribution >= 4 is 15.9 Å². The SMILES string of the molecule is CS(C)(=O)=O.O=C(F)C(F)F.c1ccc(-c2ccccc2)cc1. The number of sulfone groups is 1. The van der Waals surface area contributed by atoms with Crippen LogP contribution in [0.5, 0.6) is 0 Å². The van der Waals surface area contributed by atoms with Gasteiger partial charge >= 0.3 is 12.5 Å². The first-order valence-electron chi connectivity index (χ1n) is 6.34. The topological polar surface area (TPSA) is 51.2 Å². The highest BCUT2D eigenvalue weighted by atomic mass is 32.2. The van der Waals surface area contributed by atoms with E-state index in [0.717, 1.165) is 12.5 Å². The molecule has 0 radical (unpaired) electrons. The summed E-state index contributed by atoms with van der Waals surface area (Å²) >= 11 is 0. The second kappa shape index (κ2) is 10.6. The molecule has 0 bridgehead atoms. The van der Waals surface area contributed by atoms with Gasteiger partial charge in [-0.2, -0.15) is 13.2 Å². The van der Waals surface area contributed by atoms with E-state index in [1.807, 2.05) is 12.1 Å². The molecule has 0 aromatic heterocycles. The maximum Gasteiger partial charge on any atom is 0.367 e. The fourth-order valence-electron chi connectivity index (χ4n) is 1.26. The van der Waals surface area contributed by atoms with Crippen LogP contribution in [0.4, 0.5) is 13.2 Å². The number of alkyl halides is 2. The number of benzene rings is 2. The molecule has 23 heavy (non-hydrogen) atoms. The zero-order chi connectivity index (χ0) is 17.9. The summed E-state index contributed by atoms with van der Waals surface area (Å²) < 4.78 is 50.6. The summed E-state index contributed by atoms with van der Waals surface area (Å²) in [4.78, 5) is 8.73. The second-order valence-corrected chi connectivity index (χ2v) is 6.77. The summed E-state index contributed by atoms with van der Waals surface area (Å²) in [5.41, 5.74) is 2.55. The molecule has 0 unspecified atom stereocenters. The lowest BCUT2D eigenvalue weighted by Crippen LogP contribution is -2.00. The van der Waals surface area contributed by atoms with Gasteiger partial charge < -0.3 is 0 Å². The highest BCUT2D eigenvalue weighted by Gasteiger charge is 2.11. The molecule has 0 aliphatic carbocycles. The van der Waals surface area contributed by atoms with E-state index in [2.05, 4.69) is 48.5 Å². The van der Waals surface area contributed by atoms with Gasteiger partial charge in [0.1, 0.15) is 9.84 Å². The Morgan fingerprint density at radius 1 is 0.826 bits per heavy atom. The van der Waals surface area contributed by atoms with E-state index < -0.39 is 22.3 Å². The smallest absolute Gasteiger partial charge is 0.254 e. The molecule has 2 aromatic carbocycles. The van der Waals surface area contributed by atoms with Crippen LogP contribution in [0.25, 0.3) is 11.1 Å². The predicted octanol–water partition coefficient (Wildman–Crippen LogP) is 3.76. The normalized spacial score (nSPS) is 10.0. The Balaban J connectivity index is 0.000000374. The van der Waals surface area contributed by atoms with Gasteiger partial charge in [-0.25, -0.2) is 8.42 Å². The van der Waals surface area contributed by atoms with E-state index >= 15 is 0 Å². The lowest BCUT2D eigenvalue weighted by molar-refractivity contribution is -0.140. The van der Waals surface area contributed by atoms with Crippen molar-refractivity contribution < 1.29 is 26.4 Å². The van der Waals surface area contributed by atoms with Crippen LogP contribution in [-0.2, 0) is 14.6 Å². The largest absolute Gasteiger partial charge is 0.367 e. The Morgan fingerprint density at radius 3 is 1.22 bits per heavy atom. The third kappa shape index (κ3) is 13.2. The molecule has 0 atom stereocenters. The lowest BCUT2D eigenvalue weighted by atomic mass is 10.1. The van der Waals surface area contributed by atoms with Gasteiger partial charge in [0.15, 0.2) is 0 Å². The number of rotatable bonds is 2. The summed E-state index contributed by atoms with van der Waals surface area (Å²) in [5, 5.41) is 0. The molecule has 0 N–H and O–H groups in total. The van der Waals surface area contributed by atoms with Crippen LogP contribution in [0.15, 0.2) is 60.7 Å². The third-order valence-electron chi connectivity index (χ3n) is 2.05. The highest BCUT2D eigenvalue weighted by Crippen LogP contribution is 2.17. The van der Waals surface area contributed by atoms with Gasteiger partial charge in [-0.1, -0.05) is 60.7 Å². The minimum Gasteiger partial charge on any atom is -0.254 e. The molecule has 0 amide bonds. The minimum atomic E-state index is -3.45. The van der Waals surface area contributed by atoms with Gasteiger partial charge in [-0.05, 0) is 11.1 Å². The van der Waals surface area contributed by atoms with Crippen molar-refractivity contribution in [1.82, 2.24) is 0 Å². The maximum atomic E-state index is 10.4. The van der Waals surface area contributed by atoms with Gasteiger partial charge in [0.25, 0.3) is 0 Å². The van der Waals surface area contributed by atoms with Crippen LogP contribution < -0.4 is 0 Å². The van der Waals surface area contributed by atoms with Crippen LogP contribution >= 0.6 is 0 Å². The Hall–Kier alpha value is -2.15. The molecule has 3 nitrogen and oxygen atoms in total. The standard InChI is InChI=1S/C12H10.C2HF3O.C2H6O2S/c1-3-7-11(8-4-1)12-9-5-2-6-10-12;3-1(4)2(5)6;1-5(2,3)4/h1-10H;1H;1-2H3. The molecule has 0 fully saturated rings. The summed E-state index contributed by atoms with van der Waals surface area (Å²) in [7, 11) is -2.67. The summed E-state index contributed by atoms with van der Waals surface area (Å²) in [6.07, 6.45) is -1.13. The molecule has 0 aliphatic rings. The first-order chi connectivity index (χ1) is 10.6. The molecule has 2 rings (SSSR count). The van der Waals surface area contributed by atoms with E-state index in [-0.39, 0.29) is 0 Å². The van der Waals surface area contributed by atoms with Crippen molar-refractivity contribution in [1.29, 1.82) is 0 Å². The van der Waals surface area contributed by atoms with Gasteiger partial charge in [0.2, 0.25) is 0 Å². The van der Waals surface area contributed by atoms with E-state index in [1.54, 1.807) is 0 Å². The first-order valence-corrected chi connectivity index (χ1v) is 8.64. The molecule has 0 saturated carbocycles. The quantitative estimate of drug-likeness (QED) is 0.778. The van der Waals surface area contributed by atoms with Gasteiger partial charge in [-0.15, -0.1) is 0 Å². The fourth-order valence-corrected chi connectivity index (χ4v) is 1.26. The van der Waals surface area contributed by atoms with Crippen molar-refractivity contribution in [2.24, 2.45) is 0 Å². The Bertz CT molecular complexity index is 627. The second-order valence-electron chi connectivity index (χ2n) is 4.48. The van der Waals surface area contributed by atoms with Crippen molar-refractivity contribution in [2.75, 3.05) is 12.5 Å². The van der Waals surface area contributed by atoms with Gasteiger partial charge in [0, 0.05) is 12.5 Å². The number of carbonyl (C=O) groups is 1. The van der Waals surface area contributed by atoms with Crippen molar-refractivity contribution in [3.8, 4) is 11.1 Å². The van der Waals surface area contributed by atoms with Crippen LogP contribution in [0.3, 0.4) is 0 Å². The number of halogens is 3. The van der Waals surface area contributed by atoms with Crippen LogP contribution in [-0.4, -0.2) is 33.4 Å². The van der Waals surface area contributed by atoms with Crippen LogP contribution in [0.1, 0.15) is 0 Å². The van der Waals surface area contributed by atoms with E-state index in [0.29, 0.717) is 0 Å². The lowest BCUT2D eigenvalue weighted by Gasteiger charge is -1.98. The predicted molar refractivity (Wildman–Crippen MR) is 84.8 cm³/mol. The van der Waals surface area contributed by atoms with Gasteiger partial charge in [-0.3, -0.25) is 4.79 Å². The molecule has 0 spiro atoms. The van der Waals surface area contributed by atoms with E-state index in [4.69, 9.17) is 4.79 Å². The van der Waals surface area contributed by atoms with Crippen LogP contribution in [0, 0.1) is 0 Å². The number of hydrogen-bond acceptors (Lipinski definition) is 3. The Labute approximate surface area is 133 Å². The minimum absolute atomic E-state index is 1.16. The molecule has 126 valence electrons. The molecule has 2 aromatic rings. The molecule has 7 heteroatoms. The fraction of sp³-hybridized carbons (Fsp3) is 0.188. The molecular weight excluding hydrogens is 329 g/mol. The summed E-state index contributed by atoms with van der Waals surface area (Å²) in [6.45, 7) is 0. The Kier molecular flexibility index (Phi) is 9.57. The third-order valence-corrected chi connectivity index (χ3v) is 2.05. The molecule has 0 saturated heterocycles. The van der Waals surface area contributed by atoms with E-state index in [9.17, 15) is 21.6 Å². The average molecular weight is 346 g/mol. The zero-order valence-corrected chi connectivity index (χ0v) is 13.4. The van der Waals surface area contributed by atoms with Crippen LogP contribution in [0.2, 0.25) is 0 Å². The first kappa shape index (κ1) is 20.9. The summed E-state index contributed by atoms with van der Waals surface area (Å²) in [5.74, 6) is 0. The molecular formula is C16H17F3O3S. The van der Waals surface area contributed by atoms with Crippen molar-refractivity contribution in [3.63, 3.8) is 0 Å². The number of carbonyl (C=O) groups excluding carboxylic acids is 1. The molecule has 0 aliphatic heterocycles. The monoisotopic (exact) mass is 346 g/mol. The summed E-state index contributed by atoms with van der Waals surface area (Å²) in [6, 6.07) is 18.2. The Morgan fingerprint density at radius 2 is 1.04 bits per heavy atom. The maximum absolute atomic E-state index is 10.4. The highest BCUT2D eigenvalue weighted by molar-refractivity contribution is 7.89. The zero-order valence-electron chi connectivity index (χ0n) is 12.6. The average Bonchev–Trinajstić information content (AvgIpc) is 2.48. The van der Waals surface area contributed by atoms with Gasteiger partial charge in [0.05, 0.1) is 0 Å². The van der Waals surface area contributed by atoms with E-state index in [1.165, 1.54) is 11.1 Å². The number of hydrogen-bond donors (Lipinski definition) is 0. The van der Waals surface area contributed by atoms with Crippen molar-refractivity contribution in [3.05, 3.63) is 60.7 Å².